The van der Waals surface area contributed by atoms with Crippen LogP contribution in [0.15, 0.2) is 53.5 Å². The molecule has 0 spiro atoms. The topological polar surface area (TPSA) is 55.3 Å². The minimum absolute atomic E-state index is 0. The molecule has 8 heteroatoms. The van der Waals surface area contributed by atoms with E-state index in [1.807, 2.05) is 18.9 Å². The fraction of sp³-hybridized carbons (Fsp3) is 0.480. The molecule has 2 aromatic rings. The summed E-state index contributed by atoms with van der Waals surface area (Å²) in [5, 5.41) is 3.32. The van der Waals surface area contributed by atoms with Crippen LogP contribution in [0.5, 0.6) is 5.75 Å². The standard InChI is InChI=1S/C25H34FN3O3.HI/c1-3-27-25(29(2)14-17-31-23-10-8-22(26)9-11-23)28-18-20-4-6-21(7-5-20)19-32-24-12-15-30-16-13-24;/h4-11,24H,3,12-19H2,1-2H3,(H,27,28);1H. The Kier molecular flexibility index (Phi) is 12.5. The Morgan fingerprint density at radius 3 is 2.42 bits per heavy atom. The monoisotopic (exact) mass is 571 g/mol. The van der Waals surface area contributed by atoms with Crippen molar-refractivity contribution in [2.75, 3.05) is 40.0 Å². The molecule has 0 saturated carbocycles. The molecule has 0 unspecified atom stereocenters. The fourth-order valence-electron chi connectivity index (χ4n) is 3.37. The number of ether oxygens (including phenoxy) is 3. The number of nitrogens with one attached hydrogen (secondary N) is 1. The SMILES string of the molecule is CCNC(=NCc1ccc(COC2CCOCC2)cc1)N(C)CCOc1ccc(F)cc1.I. The van der Waals surface area contributed by atoms with Crippen LogP contribution in [0.4, 0.5) is 4.39 Å². The fourth-order valence-corrected chi connectivity index (χ4v) is 3.37. The first-order valence-corrected chi connectivity index (χ1v) is 11.3. The largest absolute Gasteiger partial charge is 0.492 e. The Morgan fingerprint density at radius 1 is 1.09 bits per heavy atom. The van der Waals surface area contributed by atoms with Crippen molar-refractivity contribution in [1.29, 1.82) is 0 Å². The molecule has 0 aliphatic carbocycles. The number of likely N-dealkylation sites (N-methyl/N-ethyl adjacent to an activating group) is 1. The zero-order valence-corrected chi connectivity index (χ0v) is 21.8. The Hall–Kier alpha value is -1.91. The zero-order valence-electron chi connectivity index (χ0n) is 19.5. The summed E-state index contributed by atoms with van der Waals surface area (Å²) in [6, 6.07) is 14.5. The molecule has 0 radical (unpaired) electrons. The average Bonchev–Trinajstić information content (AvgIpc) is 2.83. The summed E-state index contributed by atoms with van der Waals surface area (Å²) in [6.07, 6.45) is 2.25. The molecule has 1 heterocycles. The third kappa shape index (κ3) is 9.85. The van der Waals surface area contributed by atoms with Crippen LogP contribution >= 0.6 is 24.0 Å². The van der Waals surface area contributed by atoms with E-state index in [2.05, 4.69) is 29.6 Å². The van der Waals surface area contributed by atoms with Gasteiger partial charge in [0.2, 0.25) is 0 Å². The van der Waals surface area contributed by atoms with Crippen molar-refractivity contribution in [3.63, 3.8) is 0 Å². The van der Waals surface area contributed by atoms with Crippen LogP contribution in [0.2, 0.25) is 0 Å². The van der Waals surface area contributed by atoms with Crippen LogP contribution in [0.3, 0.4) is 0 Å². The van der Waals surface area contributed by atoms with Crippen LogP contribution < -0.4 is 10.1 Å². The highest BCUT2D eigenvalue weighted by atomic mass is 127. The lowest BCUT2D eigenvalue weighted by Gasteiger charge is -2.22. The number of benzene rings is 2. The molecular formula is C25H35FIN3O3. The predicted molar refractivity (Wildman–Crippen MR) is 140 cm³/mol. The molecule has 3 rings (SSSR count). The van der Waals surface area contributed by atoms with E-state index in [-0.39, 0.29) is 29.8 Å². The van der Waals surface area contributed by atoms with Gasteiger partial charge in [-0.25, -0.2) is 9.38 Å². The van der Waals surface area contributed by atoms with E-state index < -0.39 is 0 Å². The third-order valence-corrected chi connectivity index (χ3v) is 5.29. The summed E-state index contributed by atoms with van der Waals surface area (Å²) >= 11 is 0. The van der Waals surface area contributed by atoms with Gasteiger partial charge in [-0.15, -0.1) is 24.0 Å². The van der Waals surface area contributed by atoms with E-state index in [1.165, 1.54) is 17.7 Å². The van der Waals surface area contributed by atoms with Gasteiger partial charge in [0.1, 0.15) is 18.2 Å². The van der Waals surface area contributed by atoms with Gasteiger partial charge in [0.25, 0.3) is 0 Å². The lowest BCUT2D eigenvalue weighted by Crippen LogP contribution is -2.40. The van der Waals surface area contributed by atoms with Crippen LogP contribution in [-0.2, 0) is 22.6 Å². The van der Waals surface area contributed by atoms with Crippen LogP contribution in [-0.4, -0.2) is 56.9 Å². The van der Waals surface area contributed by atoms with Gasteiger partial charge >= 0.3 is 0 Å². The maximum Gasteiger partial charge on any atom is 0.194 e. The first-order chi connectivity index (χ1) is 15.6. The van der Waals surface area contributed by atoms with Gasteiger partial charge in [0.15, 0.2) is 5.96 Å². The lowest BCUT2D eigenvalue weighted by molar-refractivity contribution is -0.0390. The third-order valence-electron chi connectivity index (χ3n) is 5.29. The summed E-state index contributed by atoms with van der Waals surface area (Å²) in [4.78, 5) is 6.78. The molecule has 2 aromatic carbocycles. The predicted octanol–water partition coefficient (Wildman–Crippen LogP) is 4.62. The molecule has 1 aliphatic rings. The summed E-state index contributed by atoms with van der Waals surface area (Å²) in [6.45, 7) is 6.78. The second kappa shape index (κ2) is 15.1. The average molecular weight is 571 g/mol. The number of hydrogen-bond donors (Lipinski definition) is 1. The van der Waals surface area contributed by atoms with Crippen LogP contribution in [0, 0.1) is 5.82 Å². The number of aliphatic imine (C=N–C) groups is 1. The Balaban J connectivity index is 0.00000385. The van der Waals surface area contributed by atoms with Crippen molar-refractivity contribution < 1.29 is 18.6 Å². The molecule has 0 aromatic heterocycles. The first kappa shape index (κ1) is 27.3. The number of rotatable bonds is 10. The van der Waals surface area contributed by atoms with Crippen molar-refractivity contribution in [3.05, 3.63) is 65.5 Å². The Labute approximate surface area is 213 Å². The molecule has 0 amide bonds. The molecule has 1 saturated heterocycles. The van der Waals surface area contributed by atoms with Gasteiger partial charge in [-0.05, 0) is 55.2 Å². The summed E-state index contributed by atoms with van der Waals surface area (Å²) in [5.41, 5.74) is 2.32. The van der Waals surface area contributed by atoms with E-state index in [4.69, 9.17) is 19.2 Å². The minimum atomic E-state index is -0.268. The van der Waals surface area contributed by atoms with Crippen molar-refractivity contribution in [2.45, 2.75) is 39.0 Å². The number of guanidine groups is 1. The van der Waals surface area contributed by atoms with Gasteiger partial charge in [-0.2, -0.15) is 0 Å². The quantitative estimate of drug-likeness (QED) is 0.257. The molecule has 6 nitrogen and oxygen atoms in total. The van der Waals surface area contributed by atoms with Gasteiger partial charge in [-0.1, -0.05) is 24.3 Å². The molecule has 182 valence electrons. The van der Waals surface area contributed by atoms with Crippen LogP contribution in [0.1, 0.15) is 30.9 Å². The maximum absolute atomic E-state index is 13.0. The molecule has 33 heavy (non-hydrogen) atoms. The number of hydrogen-bond acceptors (Lipinski definition) is 4. The van der Waals surface area contributed by atoms with Crippen LogP contribution in [0.25, 0.3) is 0 Å². The number of nitrogens with zero attached hydrogens (tertiary/aromatic N) is 2. The highest BCUT2D eigenvalue weighted by molar-refractivity contribution is 14.0. The lowest BCUT2D eigenvalue weighted by atomic mass is 10.1. The number of halogens is 2. The zero-order chi connectivity index (χ0) is 22.6. The summed E-state index contributed by atoms with van der Waals surface area (Å²) in [7, 11) is 1.98. The van der Waals surface area contributed by atoms with Gasteiger partial charge in [-0.3, -0.25) is 0 Å². The smallest absolute Gasteiger partial charge is 0.194 e. The molecule has 1 aliphatic heterocycles. The van der Waals surface area contributed by atoms with E-state index in [1.54, 1.807) is 12.1 Å². The van der Waals surface area contributed by atoms with Crippen molar-refractivity contribution >= 4 is 29.9 Å². The normalized spacial score (nSPS) is 14.5. The van der Waals surface area contributed by atoms with Crippen molar-refractivity contribution in [3.8, 4) is 5.75 Å². The molecule has 1 fully saturated rings. The Morgan fingerprint density at radius 2 is 1.76 bits per heavy atom. The molecule has 1 N–H and O–H groups in total. The van der Waals surface area contributed by atoms with E-state index >= 15 is 0 Å². The molecule has 0 atom stereocenters. The van der Waals surface area contributed by atoms with Gasteiger partial charge in [0.05, 0.1) is 25.8 Å². The second-order valence-corrected chi connectivity index (χ2v) is 7.83. The van der Waals surface area contributed by atoms with E-state index in [0.717, 1.165) is 44.1 Å². The van der Waals surface area contributed by atoms with Crippen molar-refractivity contribution in [1.82, 2.24) is 10.2 Å². The summed E-state index contributed by atoms with van der Waals surface area (Å²) in [5.74, 6) is 1.21. The second-order valence-electron chi connectivity index (χ2n) is 7.83. The van der Waals surface area contributed by atoms with E-state index in [9.17, 15) is 4.39 Å². The summed E-state index contributed by atoms with van der Waals surface area (Å²) < 4.78 is 30.0. The first-order valence-electron chi connectivity index (χ1n) is 11.3. The molecular weight excluding hydrogens is 536 g/mol. The highest BCUT2D eigenvalue weighted by Crippen LogP contribution is 2.14. The maximum atomic E-state index is 13.0. The van der Waals surface area contributed by atoms with Gasteiger partial charge in [0, 0.05) is 26.8 Å². The Bertz CT molecular complexity index is 828. The minimum Gasteiger partial charge on any atom is -0.492 e. The van der Waals surface area contributed by atoms with Crippen molar-refractivity contribution in [2.24, 2.45) is 4.99 Å². The highest BCUT2D eigenvalue weighted by Gasteiger charge is 2.14. The van der Waals surface area contributed by atoms with E-state index in [0.29, 0.717) is 38.2 Å². The molecule has 0 bridgehead atoms. The van der Waals surface area contributed by atoms with Gasteiger partial charge < -0.3 is 24.4 Å².